The van der Waals surface area contributed by atoms with Crippen LogP contribution in [0.3, 0.4) is 0 Å². The second kappa shape index (κ2) is 5.03. The number of nitrogen functional groups attached to an aromatic ring is 1. The molecule has 0 bridgehead atoms. The normalized spacial score (nSPS) is 9.65. The summed E-state index contributed by atoms with van der Waals surface area (Å²) in [7, 11) is 0. The van der Waals surface area contributed by atoms with Gasteiger partial charge < -0.3 is 15.8 Å². The number of ether oxygens (including phenoxy) is 1. The molecular weight excluding hydrogens is 216 g/mol. The zero-order chi connectivity index (χ0) is 12.1. The van der Waals surface area contributed by atoms with E-state index in [1.165, 1.54) is 0 Å². The molecule has 0 aliphatic heterocycles. The number of carbonyl (C=O) groups is 1. The van der Waals surface area contributed by atoms with Crippen molar-refractivity contribution in [2.24, 2.45) is 0 Å². The number of amides is 1. The quantitative estimate of drug-likeness (QED) is 0.624. The number of para-hydroxylation sites is 1. The third kappa shape index (κ3) is 2.75. The Labute approximate surface area is 99.0 Å². The van der Waals surface area contributed by atoms with Crippen molar-refractivity contribution in [3.8, 4) is 11.5 Å². The first-order valence-electron chi connectivity index (χ1n) is 5.12. The third-order valence-corrected chi connectivity index (χ3v) is 2.22. The summed E-state index contributed by atoms with van der Waals surface area (Å²) in [5.41, 5.74) is 6.79. The fraction of sp³-hybridized carbons (Fsp3) is 0. The molecule has 0 saturated carbocycles. The van der Waals surface area contributed by atoms with Crippen LogP contribution >= 0.6 is 0 Å². The molecule has 0 spiro atoms. The summed E-state index contributed by atoms with van der Waals surface area (Å²) in [6.45, 7) is 0. The first-order chi connectivity index (χ1) is 8.29. The van der Waals surface area contributed by atoms with Gasteiger partial charge in [0.2, 0.25) is 6.41 Å². The SMILES string of the molecule is Nc1cc(Oc2ccccc2)ccc1NC=O. The van der Waals surface area contributed by atoms with Crippen LogP contribution < -0.4 is 15.8 Å². The van der Waals surface area contributed by atoms with E-state index >= 15 is 0 Å². The molecule has 0 aliphatic carbocycles. The zero-order valence-electron chi connectivity index (χ0n) is 9.09. The second-order valence-electron chi connectivity index (χ2n) is 3.43. The van der Waals surface area contributed by atoms with Crippen molar-refractivity contribution in [2.45, 2.75) is 0 Å². The molecule has 0 aromatic heterocycles. The summed E-state index contributed by atoms with van der Waals surface area (Å²) >= 11 is 0. The van der Waals surface area contributed by atoms with Gasteiger partial charge in [0.05, 0.1) is 11.4 Å². The summed E-state index contributed by atoms with van der Waals surface area (Å²) in [4.78, 5) is 10.3. The van der Waals surface area contributed by atoms with Crippen molar-refractivity contribution < 1.29 is 9.53 Å². The highest BCUT2D eigenvalue weighted by Gasteiger charge is 2.01. The predicted octanol–water partition coefficient (Wildman–Crippen LogP) is 2.63. The minimum Gasteiger partial charge on any atom is -0.457 e. The lowest BCUT2D eigenvalue weighted by atomic mass is 10.2. The average Bonchev–Trinajstić information content (AvgIpc) is 2.34. The number of rotatable bonds is 4. The molecule has 86 valence electrons. The number of nitrogens with two attached hydrogens (primary N) is 1. The summed E-state index contributed by atoms with van der Waals surface area (Å²) in [6.07, 6.45) is 0.587. The minimum atomic E-state index is 0.463. The van der Waals surface area contributed by atoms with Crippen LogP contribution in [-0.2, 0) is 4.79 Å². The van der Waals surface area contributed by atoms with E-state index in [0.29, 0.717) is 23.5 Å². The summed E-state index contributed by atoms with van der Waals surface area (Å²) in [6, 6.07) is 14.5. The molecule has 0 unspecified atom stereocenters. The molecule has 17 heavy (non-hydrogen) atoms. The van der Waals surface area contributed by atoms with Crippen molar-refractivity contribution in [1.82, 2.24) is 0 Å². The van der Waals surface area contributed by atoms with Gasteiger partial charge in [-0.2, -0.15) is 0 Å². The van der Waals surface area contributed by atoms with E-state index in [9.17, 15) is 4.79 Å². The Kier molecular flexibility index (Phi) is 3.25. The lowest BCUT2D eigenvalue weighted by Gasteiger charge is -2.08. The van der Waals surface area contributed by atoms with Crippen LogP contribution in [0, 0.1) is 0 Å². The van der Waals surface area contributed by atoms with Crippen molar-refractivity contribution in [3.05, 3.63) is 48.5 Å². The van der Waals surface area contributed by atoms with Crippen LogP contribution in [0.5, 0.6) is 11.5 Å². The number of hydrogen-bond acceptors (Lipinski definition) is 3. The fourth-order valence-corrected chi connectivity index (χ4v) is 1.42. The van der Waals surface area contributed by atoms with Gasteiger partial charge in [0, 0.05) is 6.07 Å². The number of anilines is 2. The molecule has 1 amide bonds. The van der Waals surface area contributed by atoms with Crippen LogP contribution in [0.4, 0.5) is 11.4 Å². The van der Waals surface area contributed by atoms with Crippen LogP contribution in [-0.4, -0.2) is 6.41 Å². The number of carbonyl (C=O) groups excluding carboxylic acids is 1. The third-order valence-electron chi connectivity index (χ3n) is 2.22. The van der Waals surface area contributed by atoms with Gasteiger partial charge >= 0.3 is 0 Å². The maximum atomic E-state index is 10.3. The van der Waals surface area contributed by atoms with Crippen LogP contribution in [0.2, 0.25) is 0 Å². The Balaban J connectivity index is 2.18. The number of nitrogens with one attached hydrogen (secondary N) is 1. The first-order valence-corrected chi connectivity index (χ1v) is 5.12. The van der Waals surface area contributed by atoms with Crippen molar-refractivity contribution >= 4 is 17.8 Å². The molecule has 3 N–H and O–H groups in total. The van der Waals surface area contributed by atoms with E-state index < -0.39 is 0 Å². The maximum Gasteiger partial charge on any atom is 0.211 e. The summed E-state index contributed by atoms with van der Waals surface area (Å²) in [5.74, 6) is 1.37. The lowest BCUT2D eigenvalue weighted by molar-refractivity contribution is -0.105. The predicted molar refractivity (Wildman–Crippen MR) is 67.1 cm³/mol. The molecule has 0 heterocycles. The number of benzene rings is 2. The minimum absolute atomic E-state index is 0.463. The maximum absolute atomic E-state index is 10.3. The molecule has 2 aromatic carbocycles. The standard InChI is InChI=1S/C13H12N2O2/c14-12-8-11(6-7-13(12)15-9-16)17-10-4-2-1-3-5-10/h1-9H,14H2,(H,15,16). The zero-order valence-corrected chi connectivity index (χ0v) is 9.09. The highest BCUT2D eigenvalue weighted by molar-refractivity contribution is 5.80. The van der Waals surface area contributed by atoms with Gasteiger partial charge in [0.15, 0.2) is 0 Å². The van der Waals surface area contributed by atoms with E-state index in [1.54, 1.807) is 18.2 Å². The van der Waals surface area contributed by atoms with Crippen LogP contribution in [0.15, 0.2) is 48.5 Å². The highest BCUT2D eigenvalue weighted by atomic mass is 16.5. The molecule has 0 saturated heterocycles. The Morgan fingerprint density at radius 1 is 1.06 bits per heavy atom. The lowest BCUT2D eigenvalue weighted by Crippen LogP contribution is -1.99. The monoisotopic (exact) mass is 228 g/mol. The van der Waals surface area contributed by atoms with E-state index in [4.69, 9.17) is 10.5 Å². The Morgan fingerprint density at radius 2 is 1.82 bits per heavy atom. The van der Waals surface area contributed by atoms with Gasteiger partial charge in [-0.1, -0.05) is 18.2 Å². The number of hydrogen-bond donors (Lipinski definition) is 2. The van der Waals surface area contributed by atoms with E-state index in [2.05, 4.69) is 5.32 Å². The highest BCUT2D eigenvalue weighted by Crippen LogP contribution is 2.27. The van der Waals surface area contributed by atoms with Gasteiger partial charge in [-0.3, -0.25) is 4.79 Å². The van der Waals surface area contributed by atoms with Crippen molar-refractivity contribution in [2.75, 3.05) is 11.1 Å². The molecule has 0 atom stereocenters. The molecule has 0 radical (unpaired) electrons. The van der Waals surface area contributed by atoms with Crippen molar-refractivity contribution in [1.29, 1.82) is 0 Å². The average molecular weight is 228 g/mol. The summed E-state index contributed by atoms with van der Waals surface area (Å²) in [5, 5.41) is 2.51. The molecule has 4 heteroatoms. The Morgan fingerprint density at radius 3 is 2.47 bits per heavy atom. The van der Waals surface area contributed by atoms with Gasteiger partial charge in [-0.25, -0.2) is 0 Å². The largest absolute Gasteiger partial charge is 0.457 e. The first kappa shape index (κ1) is 11.0. The van der Waals surface area contributed by atoms with Gasteiger partial charge in [0.1, 0.15) is 11.5 Å². The van der Waals surface area contributed by atoms with Gasteiger partial charge in [0.25, 0.3) is 0 Å². The smallest absolute Gasteiger partial charge is 0.211 e. The molecule has 4 nitrogen and oxygen atoms in total. The molecule has 2 aromatic rings. The molecular formula is C13H12N2O2. The second-order valence-corrected chi connectivity index (χ2v) is 3.43. The molecule has 0 fully saturated rings. The summed E-state index contributed by atoms with van der Waals surface area (Å²) < 4.78 is 5.60. The Hall–Kier alpha value is -2.49. The van der Waals surface area contributed by atoms with Gasteiger partial charge in [-0.05, 0) is 24.3 Å². The van der Waals surface area contributed by atoms with Crippen molar-refractivity contribution in [3.63, 3.8) is 0 Å². The van der Waals surface area contributed by atoms with E-state index in [0.717, 1.165) is 5.75 Å². The van der Waals surface area contributed by atoms with E-state index in [-0.39, 0.29) is 0 Å². The topological polar surface area (TPSA) is 64.3 Å². The molecule has 0 aliphatic rings. The van der Waals surface area contributed by atoms with Gasteiger partial charge in [-0.15, -0.1) is 0 Å². The fourth-order valence-electron chi connectivity index (χ4n) is 1.42. The van der Waals surface area contributed by atoms with Crippen LogP contribution in [0.25, 0.3) is 0 Å². The van der Waals surface area contributed by atoms with Crippen LogP contribution in [0.1, 0.15) is 0 Å². The molecule has 2 rings (SSSR count). The Bertz CT molecular complexity index is 512. The van der Waals surface area contributed by atoms with E-state index in [1.807, 2.05) is 30.3 Å².